The molecule has 1 saturated carbocycles. The number of nitrogens with one attached hydrogen (secondary N) is 2. The third kappa shape index (κ3) is 4.41. The molecule has 1 aromatic carbocycles. The van der Waals surface area contributed by atoms with Gasteiger partial charge in [0.05, 0.1) is 17.7 Å². The summed E-state index contributed by atoms with van der Waals surface area (Å²) in [6.45, 7) is 0.815. The van der Waals surface area contributed by atoms with E-state index in [9.17, 15) is 13.2 Å². The van der Waals surface area contributed by atoms with Crippen molar-refractivity contribution in [3.8, 4) is 0 Å². The van der Waals surface area contributed by atoms with Crippen molar-refractivity contribution >= 4 is 27.6 Å². The standard InChI is InChI=1S/C13H17ClN2O4S/c1-20-13(17)9-2-5-11(14)12(8-9)21(18,19)16-7-6-15-10-3-4-10/h2,5,8,10,15-16H,3-4,6-7H2,1H3. The first-order chi connectivity index (χ1) is 9.94. The molecule has 1 aliphatic carbocycles. The Bertz CT molecular complexity index is 629. The van der Waals surface area contributed by atoms with Crippen LogP contribution in [0.25, 0.3) is 0 Å². The van der Waals surface area contributed by atoms with Crippen molar-refractivity contribution < 1.29 is 17.9 Å². The highest BCUT2D eigenvalue weighted by Gasteiger charge is 2.22. The van der Waals surface area contributed by atoms with Gasteiger partial charge < -0.3 is 10.1 Å². The van der Waals surface area contributed by atoms with E-state index in [0.717, 1.165) is 12.8 Å². The van der Waals surface area contributed by atoms with Crippen LogP contribution in [0, 0.1) is 0 Å². The van der Waals surface area contributed by atoms with E-state index in [1.54, 1.807) is 0 Å². The van der Waals surface area contributed by atoms with Crippen LogP contribution in [0.15, 0.2) is 23.1 Å². The van der Waals surface area contributed by atoms with Gasteiger partial charge in [0.2, 0.25) is 10.0 Å². The normalized spacial score (nSPS) is 15.0. The molecule has 0 unspecified atom stereocenters. The molecule has 2 rings (SSSR count). The van der Waals surface area contributed by atoms with Crippen LogP contribution in [-0.4, -0.2) is 40.6 Å². The Labute approximate surface area is 128 Å². The summed E-state index contributed by atoms with van der Waals surface area (Å²) in [6, 6.07) is 4.51. The number of hydrogen-bond acceptors (Lipinski definition) is 5. The molecule has 0 aromatic heterocycles. The maximum atomic E-state index is 12.2. The van der Waals surface area contributed by atoms with Crippen molar-refractivity contribution in [3.05, 3.63) is 28.8 Å². The van der Waals surface area contributed by atoms with Gasteiger partial charge in [0, 0.05) is 19.1 Å². The molecule has 8 heteroatoms. The van der Waals surface area contributed by atoms with Crippen molar-refractivity contribution in [1.29, 1.82) is 0 Å². The summed E-state index contributed by atoms with van der Waals surface area (Å²) in [5.41, 5.74) is 0.137. The summed E-state index contributed by atoms with van der Waals surface area (Å²) in [4.78, 5) is 11.3. The van der Waals surface area contributed by atoms with E-state index in [1.807, 2.05) is 0 Å². The van der Waals surface area contributed by atoms with Gasteiger partial charge in [0.1, 0.15) is 4.90 Å². The lowest BCUT2D eigenvalue weighted by Gasteiger charge is -2.10. The maximum Gasteiger partial charge on any atom is 0.337 e. The molecule has 0 bridgehead atoms. The highest BCUT2D eigenvalue weighted by Crippen LogP contribution is 2.23. The first-order valence-electron chi connectivity index (χ1n) is 6.55. The van der Waals surface area contributed by atoms with Crippen LogP contribution >= 0.6 is 11.6 Å². The van der Waals surface area contributed by atoms with Crippen LogP contribution < -0.4 is 10.0 Å². The van der Waals surface area contributed by atoms with Crippen molar-refractivity contribution in [2.45, 2.75) is 23.8 Å². The topological polar surface area (TPSA) is 84.5 Å². The summed E-state index contributed by atoms with van der Waals surface area (Å²) in [7, 11) is -2.53. The fraction of sp³-hybridized carbons (Fsp3) is 0.462. The molecule has 0 aliphatic heterocycles. The molecule has 116 valence electrons. The highest BCUT2D eigenvalue weighted by atomic mass is 35.5. The Morgan fingerprint density at radius 3 is 2.71 bits per heavy atom. The predicted molar refractivity (Wildman–Crippen MR) is 79.0 cm³/mol. The van der Waals surface area contributed by atoms with Crippen molar-refractivity contribution in [3.63, 3.8) is 0 Å². The van der Waals surface area contributed by atoms with Crippen molar-refractivity contribution in [2.75, 3.05) is 20.2 Å². The van der Waals surface area contributed by atoms with Gasteiger partial charge in [-0.05, 0) is 31.0 Å². The average Bonchev–Trinajstić information content (AvgIpc) is 3.27. The molecule has 0 radical (unpaired) electrons. The van der Waals surface area contributed by atoms with Gasteiger partial charge in [0.25, 0.3) is 0 Å². The van der Waals surface area contributed by atoms with Crippen molar-refractivity contribution in [1.82, 2.24) is 10.0 Å². The van der Waals surface area contributed by atoms with Gasteiger partial charge >= 0.3 is 5.97 Å². The Kier molecular flexibility index (Phi) is 5.21. The number of methoxy groups -OCH3 is 1. The number of esters is 1. The molecule has 2 N–H and O–H groups in total. The zero-order valence-electron chi connectivity index (χ0n) is 11.6. The molecule has 1 aromatic rings. The minimum Gasteiger partial charge on any atom is -0.465 e. The Balaban J connectivity index is 2.07. The third-order valence-electron chi connectivity index (χ3n) is 3.07. The molecule has 0 saturated heterocycles. The van der Waals surface area contributed by atoms with Gasteiger partial charge in [0.15, 0.2) is 0 Å². The van der Waals surface area contributed by atoms with Gasteiger partial charge in [-0.1, -0.05) is 11.6 Å². The molecule has 1 fully saturated rings. The largest absolute Gasteiger partial charge is 0.465 e. The second-order valence-corrected chi connectivity index (χ2v) is 6.91. The van der Waals surface area contributed by atoms with Crippen LogP contribution in [-0.2, 0) is 14.8 Å². The number of hydrogen-bond donors (Lipinski definition) is 2. The minimum absolute atomic E-state index is 0.0605. The Morgan fingerprint density at radius 1 is 1.38 bits per heavy atom. The molecule has 1 aliphatic rings. The van der Waals surface area contributed by atoms with E-state index in [-0.39, 0.29) is 22.0 Å². The SMILES string of the molecule is COC(=O)c1ccc(Cl)c(S(=O)(=O)NCCNC2CC2)c1. The Morgan fingerprint density at radius 2 is 2.10 bits per heavy atom. The summed E-state index contributed by atoms with van der Waals surface area (Å²) < 4.78 is 31.4. The zero-order chi connectivity index (χ0) is 15.5. The molecule has 21 heavy (non-hydrogen) atoms. The summed E-state index contributed by atoms with van der Waals surface area (Å²) in [5, 5.41) is 3.26. The number of halogens is 1. The molecule has 0 amide bonds. The zero-order valence-corrected chi connectivity index (χ0v) is 13.1. The second-order valence-electron chi connectivity index (χ2n) is 4.76. The number of benzene rings is 1. The van der Waals surface area contributed by atoms with Crippen LogP contribution in [0.3, 0.4) is 0 Å². The summed E-state index contributed by atoms with van der Waals surface area (Å²) in [6.07, 6.45) is 2.28. The fourth-order valence-corrected chi connectivity index (χ4v) is 3.34. The second kappa shape index (κ2) is 6.74. The summed E-state index contributed by atoms with van der Waals surface area (Å²) in [5.74, 6) is -0.612. The summed E-state index contributed by atoms with van der Waals surface area (Å²) >= 11 is 5.91. The van der Waals surface area contributed by atoms with Gasteiger partial charge in [-0.3, -0.25) is 0 Å². The number of carbonyl (C=O) groups is 1. The molecule has 6 nitrogen and oxygen atoms in total. The van der Waals surface area contributed by atoms with E-state index >= 15 is 0 Å². The average molecular weight is 333 g/mol. The number of ether oxygens (including phenoxy) is 1. The van der Waals surface area contributed by atoms with Crippen LogP contribution in [0.4, 0.5) is 0 Å². The van der Waals surface area contributed by atoms with E-state index in [4.69, 9.17) is 11.6 Å². The quantitative estimate of drug-likeness (QED) is 0.578. The number of rotatable bonds is 7. The Hall–Kier alpha value is -1.15. The number of carbonyl (C=O) groups excluding carboxylic acids is 1. The first kappa shape index (κ1) is 16.2. The van der Waals surface area contributed by atoms with Crippen LogP contribution in [0.5, 0.6) is 0 Å². The van der Waals surface area contributed by atoms with Crippen molar-refractivity contribution in [2.24, 2.45) is 0 Å². The molecule has 0 spiro atoms. The monoisotopic (exact) mass is 332 g/mol. The predicted octanol–water partition coefficient (Wildman–Crippen LogP) is 1.16. The van der Waals surface area contributed by atoms with E-state index in [0.29, 0.717) is 12.6 Å². The fourth-order valence-electron chi connectivity index (χ4n) is 1.78. The van der Waals surface area contributed by atoms with Gasteiger partial charge in [-0.15, -0.1) is 0 Å². The first-order valence-corrected chi connectivity index (χ1v) is 8.41. The third-order valence-corrected chi connectivity index (χ3v) is 5.01. The lowest BCUT2D eigenvalue weighted by atomic mass is 10.2. The van der Waals surface area contributed by atoms with Crippen LogP contribution in [0.2, 0.25) is 5.02 Å². The molecule has 0 heterocycles. The lowest BCUT2D eigenvalue weighted by Crippen LogP contribution is -2.32. The number of sulfonamides is 1. The van der Waals surface area contributed by atoms with Gasteiger partial charge in [-0.25, -0.2) is 17.9 Å². The molecular weight excluding hydrogens is 316 g/mol. The lowest BCUT2D eigenvalue weighted by molar-refractivity contribution is 0.0600. The van der Waals surface area contributed by atoms with Crippen LogP contribution in [0.1, 0.15) is 23.2 Å². The molecular formula is C13H17ClN2O4S. The highest BCUT2D eigenvalue weighted by molar-refractivity contribution is 7.89. The van der Waals surface area contributed by atoms with E-state index in [2.05, 4.69) is 14.8 Å². The van der Waals surface area contributed by atoms with E-state index < -0.39 is 16.0 Å². The minimum atomic E-state index is -3.76. The molecule has 0 atom stereocenters. The van der Waals surface area contributed by atoms with E-state index in [1.165, 1.54) is 25.3 Å². The van der Waals surface area contributed by atoms with Gasteiger partial charge in [-0.2, -0.15) is 0 Å². The smallest absolute Gasteiger partial charge is 0.337 e. The maximum absolute atomic E-state index is 12.2.